The molecule has 0 saturated carbocycles. The van der Waals surface area contributed by atoms with Gasteiger partial charge in [0.05, 0.1) is 15.9 Å². The number of nitro groups is 1. The highest BCUT2D eigenvalue weighted by Gasteiger charge is 2.22. The molecule has 6 nitrogen and oxygen atoms in total. The van der Waals surface area contributed by atoms with E-state index in [0.29, 0.717) is 41.8 Å². The van der Waals surface area contributed by atoms with Crippen molar-refractivity contribution in [2.24, 2.45) is 0 Å². The first-order chi connectivity index (χ1) is 8.72. The van der Waals surface area contributed by atoms with Gasteiger partial charge >= 0.3 is 0 Å². The molecule has 1 aromatic rings. The summed E-state index contributed by atoms with van der Waals surface area (Å²) in [6.45, 7) is 0.929. The predicted molar refractivity (Wildman–Crippen MR) is 66.5 cm³/mol. The van der Waals surface area contributed by atoms with Crippen LogP contribution in [-0.4, -0.2) is 35.6 Å². The minimum Gasteiger partial charge on any atom is -0.486 e. The maximum Gasteiger partial charge on any atom is 0.286 e. The Balaban J connectivity index is 2.27. The Kier molecular flexibility index (Phi) is 4.27. The number of rotatable bonds is 5. The van der Waals surface area contributed by atoms with Gasteiger partial charge < -0.3 is 14.6 Å². The molecule has 98 valence electrons. The first kappa shape index (κ1) is 13.0. The standard InChI is InChI=1S/C11H13NO5S/c13-2-1-5-18-11-7-10-9(16-3-4-17-10)6-8(11)12(14)15/h6-7,13H,1-5H2. The molecule has 0 amide bonds. The summed E-state index contributed by atoms with van der Waals surface area (Å²) in [4.78, 5) is 11.1. The smallest absolute Gasteiger partial charge is 0.286 e. The van der Waals surface area contributed by atoms with Crippen LogP contribution in [0.3, 0.4) is 0 Å². The molecular formula is C11H13NO5S. The third-order valence-electron chi connectivity index (χ3n) is 2.38. The van der Waals surface area contributed by atoms with Crippen LogP contribution in [0.2, 0.25) is 0 Å². The van der Waals surface area contributed by atoms with Crippen molar-refractivity contribution in [3.63, 3.8) is 0 Å². The summed E-state index contributed by atoms with van der Waals surface area (Å²) in [5.74, 6) is 1.58. The quantitative estimate of drug-likeness (QED) is 0.381. The van der Waals surface area contributed by atoms with Gasteiger partial charge in [-0.25, -0.2) is 0 Å². The lowest BCUT2D eigenvalue weighted by molar-refractivity contribution is -0.387. The van der Waals surface area contributed by atoms with Crippen LogP contribution in [0.4, 0.5) is 5.69 Å². The molecule has 7 heteroatoms. The molecule has 0 aromatic heterocycles. The van der Waals surface area contributed by atoms with Crippen LogP contribution in [0.5, 0.6) is 11.5 Å². The molecule has 0 radical (unpaired) electrons. The number of fused-ring (bicyclic) bond motifs is 1. The van der Waals surface area contributed by atoms with Crippen molar-refractivity contribution in [1.82, 2.24) is 0 Å². The van der Waals surface area contributed by atoms with Crippen molar-refractivity contribution in [2.75, 3.05) is 25.6 Å². The van der Waals surface area contributed by atoms with E-state index in [2.05, 4.69) is 0 Å². The van der Waals surface area contributed by atoms with E-state index in [1.165, 1.54) is 17.8 Å². The van der Waals surface area contributed by atoms with Crippen LogP contribution >= 0.6 is 11.8 Å². The Labute approximate surface area is 108 Å². The maximum absolute atomic E-state index is 11.0. The van der Waals surface area contributed by atoms with E-state index in [0.717, 1.165) is 0 Å². The van der Waals surface area contributed by atoms with E-state index in [-0.39, 0.29) is 12.3 Å². The molecule has 1 aromatic carbocycles. The second-order valence-corrected chi connectivity index (χ2v) is 4.78. The van der Waals surface area contributed by atoms with Crippen molar-refractivity contribution >= 4 is 17.4 Å². The van der Waals surface area contributed by atoms with Gasteiger partial charge in [0.15, 0.2) is 11.5 Å². The molecule has 0 unspecified atom stereocenters. The molecule has 0 fully saturated rings. The van der Waals surface area contributed by atoms with Gasteiger partial charge in [0.2, 0.25) is 0 Å². The second-order valence-electron chi connectivity index (χ2n) is 3.65. The maximum atomic E-state index is 11.0. The molecule has 0 aliphatic carbocycles. The minimum atomic E-state index is -0.431. The zero-order valence-electron chi connectivity index (χ0n) is 9.63. The van der Waals surface area contributed by atoms with E-state index >= 15 is 0 Å². The summed E-state index contributed by atoms with van der Waals surface area (Å²) < 4.78 is 10.7. The van der Waals surface area contributed by atoms with Crippen LogP contribution < -0.4 is 9.47 Å². The fourth-order valence-corrected chi connectivity index (χ4v) is 2.53. The predicted octanol–water partition coefficient (Wildman–Crippen LogP) is 1.84. The topological polar surface area (TPSA) is 81.8 Å². The number of thioether (sulfide) groups is 1. The Morgan fingerprint density at radius 3 is 2.61 bits per heavy atom. The van der Waals surface area contributed by atoms with Gasteiger partial charge in [-0.05, 0) is 6.42 Å². The van der Waals surface area contributed by atoms with Crippen molar-refractivity contribution in [1.29, 1.82) is 0 Å². The van der Waals surface area contributed by atoms with E-state index in [1.54, 1.807) is 6.07 Å². The van der Waals surface area contributed by atoms with Gasteiger partial charge in [-0.1, -0.05) is 0 Å². The van der Waals surface area contributed by atoms with E-state index in [9.17, 15) is 10.1 Å². The lowest BCUT2D eigenvalue weighted by atomic mass is 10.2. The highest BCUT2D eigenvalue weighted by Crippen LogP contribution is 2.40. The van der Waals surface area contributed by atoms with Crippen LogP contribution in [0.1, 0.15) is 6.42 Å². The lowest BCUT2D eigenvalue weighted by Crippen LogP contribution is -2.15. The monoisotopic (exact) mass is 271 g/mol. The highest BCUT2D eigenvalue weighted by atomic mass is 32.2. The Morgan fingerprint density at radius 2 is 2.00 bits per heavy atom. The molecule has 2 rings (SSSR count). The van der Waals surface area contributed by atoms with E-state index < -0.39 is 4.92 Å². The van der Waals surface area contributed by atoms with Crippen molar-refractivity contribution in [3.05, 3.63) is 22.2 Å². The van der Waals surface area contributed by atoms with Crippen molar-refractivity contribution in [3.8, 4) is 11.5 Å². The molecule has 1 N–H and O–H groups in total. The van der Waals surface area contributed by atoms with Gasteiger partial charge in [0.25, 0.3) is 5.69 Å². The van der Waals surface area contributed by atoms with Gasteiger partial charge in [-0.15, -0.1) is 11.8 Å². The van der Waals surface area contributed by atoms with Crippen molar-refractivity contribution in [2.45, 2.75) is 11.3 Å². The number of nitrogens with zero attached hydrogens (tertiary/aromatic N) is 1. The summed E-state index contributed by atoms with van der Waals surface area (Å²) >= 11 is 1.34. The van der Waals surface area contributed by atoms with Crippen LogP contribution in [0.25, 0.3) is 0 Å². The van der Waals surface area contributed by atoms with Gasteiger partial charge in [-0.3, -0.25) is 10.1 Å². The third kappa shape index (κ3) is 2.85. The van der Waals surface area contributed by atoms with E-state index in [4.69, 9.17) is 14.6 Å². The van der Waals surface area contributed by atoms with Crippen molar-refractivity contribution < 1.29 is 19.5 Å². The second kappa shape index (κ2) is 5.92. The molecule has 0 spiro atoms. The molecule has 0 saturated heterocycles. The average Bonchev–Trinajstić information content (AvgIpc) is 2.38. The molecule has 18 heavy (non-hydrogen) atoms. The van der Waals surface area contributed by atoms with Crippen LogP contribution in [0.15, 0.2) is 17.0 Å². The summed E-state index contributed by atoms with van der Waals surface area (Å²) in [5.41, 5.74) is 0.0159. The summed E-state index contributed by atoms with van der Waals surface area (Å²) in [6.07, 6.45) is 0.594. The molecule has 1 heterocycles. The molecule has 1 aliphatic heterocycles. The number of nitro benzene ring substituents is 1. The average molecular weight is 271 g/mol. The Hall–Kier alpha value is -1.47. The van der Waals surface area contributed by atoms with E-state index in [1.807, 2.05) is 0 Å². The van der Waals surface area contributed by atoms with Gasteiger partial charge in [0.1, 0.15) is 13.2 Å². The zero-order chi connectivity index (χ0) is 13.0. The lowest BCUT2D eigenvalue weighted by Gasteiger charge is -2.18. The first-order valence-corrected chi connectivity index (χ1v) is 6.52. The highest BCUT2D eigenvalue weighted by molar-refractivity contribution is 7.99. The summed E-state index contributed by atoms with van der Waals surface area (Å²) in [5, 5.41) is 19.7. The molecule has 0 bridgehead atoms. The number of benzene rings is 1. The molecule has 0 atom stereocenters. The largest absolute Gasteiger partial charge is 0.486 e. The van der Waals surface area contributed by atoms with Gasteiger partial charge in [-0.2, -0.15) is 0 Å². The number of aliphatic hydroxyl groups is 1. The Bertz CT molecular complexity index is 451. The fourth-order valence-electron chi connectivity index (χ4n) is 1.56. The number of aliphatic hydroxyl groups excluding tert-OH is 1. The fraction of sp³-hybridized carbons (Fsp3) is 0.455. The third-order valence-corrected chi connectivity index (χ3v) is 3.51. The van der Waals surface area contributed by atoms with Gasteiger partial charge in [0, 0.05) is 18.4 Å². The zero-order valence-corrected chi connectivity index (χ0v) is 10.4. The summed E-state index contributed by atoms with van der Waals surface area (Å²) in [6, 6.07) is 3.03. The number of hydrogen-bond donors (Lipinski definition) is 1. The summed E-state index contributed by atoms with van der Waals surface area (Å²) in [7, 11) is 0. The number of ether oxygens (including phenoxy) is 2. The minimum absolute atomic E-state index is 0.0159. The molecule has 1 aliphatic rings. The Morgan fingerprint density at radius 1 is 1.33 bits per heavy atom. The SMILES string of the molecule is O=[N+]([O-])c1cc2c(cc1SCCCO)OCCO2. The van der Waals surface area contributed by atoms with Crippen LogP contribution in [-0.2, 0) is 0 Å². The first-order valence-electron chi connectivity index (χ1n) is 5.54. The normalized spacial score (nSPS) is 13.4. The van der Waals surface area contributed by atoms with Crippen LogP contribution in [0, 0.1) is 10.1 Å². The molecular weight excluding hydrogens is 258 g/mol. The number of hydrogen-bond acceptors (Lipinski definition) is 6.